The van der Waals surface area contributed by atoms with Crippen LogP contribution < -0.4 is 5.73 Å². The smallest absolute Gasteiger partial charge is 0.227 e. The highest BCUT2D eigenvalue weighted by Crippen LogP contribution is 2.08. The van der Waals surface area contributed by atoms with E-state index in [1.807, 2.05) is 19.1 Å². The van der Waals surface area contributed by atoms with Crippen molar-refractivity contribution in [2.24, 2.45) is 0 Å². The van der Waals surface area contributed by atoms with E-state index in [-0.39, 0.29) is 5.91 Å². The van der Waals surface area contributed by atoms with Crippen molar-refractivity contribution in [3.05, 3.63) is 41.5 Å². The van der Waals surface area contributed by atoms with Gasteiger partial charge in [0.05, 0.1) is 13.0 Å². The van der Waals surface area contributed by atoms with Crippen LogP contribution in [0.5, 0.6) is 0 Å². The van der Waals surface area contributed by atoms with Gasteiger partial charge in [0.15, 0.2) is 5.82 Å². The molecule has 1 heterocycles. The molecule has 2 aromatic rings. The normalized spacial score (nSPS) is 10.4. The van der Waals surface area contributed by atoms with E-state index >= 15 is 0 Å². The number of amides is 1. The number of aryl methyl sites for hydroxylation is 1. The fourth-order valence-corrected chi connectivity index (χ4v) is 1.71. The Hall–Kier alpha value is -2.37. The van der Waals surface area contributed by atoms with Crippen LogP contribution in [0.25, 0.3) is 0 Å². The fraction of sp³-hybridized carbons (Fsp3) is 0.308. The second-order valence-electron chi connectivity index (χ2n) is 4.51. The first-order chi connectivity index (χ1) is 9.04. The average Bonchev–Trinajstić information content (AvgIpc) is 2.77. The number of anilines is 1. The minimum atomic E-state index is 0.0206. The summed E-state index contributed by atoms with van der Waals surface area (Å²) < 4.78 is 0. The Labute approximate surface area is 111 Å². The predicted molar refractivity (Wildman–Crippen MR) is 72.2 cm³/mol. The van der Waals surface area contributed by atoms with E-state index < -0.39 is 0 Å². The van der Waals surface area contributed by atoms with Crippen LogP contribution in [-0.4, -0.2) is 33.0 Å². The number of carbonyl (C=O) groups is 1. The molecule has 0 fully saturated rings. The SMILES string of the molecule is Cc1nc(CN(C)C(=O)Cc2ccc(N)cc2)n[nH]1. The lowest BCUT2D eigenvalue weighted by atomic mass is 10.1. The van der Waals surface area contributed by atoms with Gasteiger partial charge in [-0.1, -0.05) is 12.1 Å². The molecule has 0 unspecified atom stereocenters. The molecule has 100 valence electrons. The first-order valence-corrected chi connectivity index (χ1v) is 6.01. The molecule has 2 rings (SSSR count). The van der Waals surface area contributed by atoms with E-state index in [2.05, 4.69) is 15.2 Å². The monoisotopic (exact) mass is 259 g/mol. The zero-order valence-electron chi connectivity index (χ0n) is 11.1. The van der Waals surface area contributed by atoms with Crippen molar-refractivity contribution in [1.82, 2.24) is 20.1 Å². The van der Waals surface area contributed by atoms with Crippen molar-refractivity contribution in [2.45, 2.75) is 19.9 Å². The van der Waals surface area contributed by atoms with Crippen LogP contribution in [0.1, 0.15) is 17.2 Å². The molecule has 0 saturated heterocycles. The van der Waals surface area contributed by atoms with E-state index in [4.69, 9.17) is 5.73 Å². The average molecular weight is 259 g/mol. The van der Waals surface area contributed by atoms with Gasteiger partial charge in [-0.3, -0.25) is 9.89 Å². The molecule has 0 radical (unpaired) electrons. The maximum atomic E-state index is 12.0. The van der Waals surface area contributed by atoms with E-state index in [9.17, 15) is 4.79 Å². The number of nitrogens with two attached hydrogens (primary N) is 1. The van der Waals surface area contributed by atoms with Gasteiger partial charge < -0.3 is 10.6 Å². The Bertz CT molecular complexity index is 561. The van der Waals surface area contributed by atoms with Crippen molar-refractivity contribution in [3.63, 3.8) is 0 Å². The summed E-state index contributed by atoms with van der Waals surface area (Å²) in [5.41, 5.74) is 7.24. The minimum absolute atomic E-state index is 0.0206. The highest BCUT2D eigenvalue weighted by molar-refractivity contribution is 5.78. The van der Waals surface area contributed by atoms with Crippen molar-refractivity contribution in [1.29, 1.82) is 0 Å². The third-order valence-electron chi connectivity index (χ3n) is 2.78. The van der Waals surface area contributed by atoms with Crippen LogP contribution in [0.2, 0.25) is 0 Å². The van der Waals surface area contributed by atoms with Gasteiger partial charge in [-0.25, -0.2) is 4.98 Å². The molecule has 1 amide bonds. The maximum absolute atomic E-state index is 12.0. The van der Waals surface area contributed by atoms with Crippen LogP contribution in [0.4, 0.5) is 5.69 Å². The summed E-state index contributed by atoms with van der Waals surface area (Å²) in [4.78, 5) is 17.8. The molecule has 0 spiro atoms. The fourth-order valence-electron chi connectivity index (χ4n) is 1.71. The van der Waals surface area contributed by atoms with Gasteiger partial charge in [0.2, 0.25) is 5.91 Å². The summed E-state index contributed by atoms with van der Waals surface area (Å²) in [7, 11) is 1.74. The van der Waals surface area contributed by atoms with Crippen LogP contribution in [0.3, 0.4) is 0 Å². The molecule has 0 aliphatic heterocycles. The van der Waals surface area contributed by atoms with Gasteiger partial charge in [-0.05, 0) is 24.6 Å². The molecule has 0 aliphatic rings. The first-order valence-electron chi connectivity index (χ1n) is 6.01. The van der Waals surface area contributed by atoms with Gasteiger partial charge in [0.25, 0.3) is 0 Å². The number of H-pyrrole nitrogens is 1. The van der Waals surface area contributed by atoms with Gasteiger partial charge in [-0.2, -0.15) is 5.10 Å². The van der Waals surface area contributed by atoms with Crippen molar-refractivity contribution in [3.8, 4) is 0 Å². The highest BCUT2D eigenvalue weighted by Gasteiger charge is 2.12. The summed E-state index contributed by atoms with van der Waals surface area (Å²) in [5.74, 6) is 1.38. The van der Waals surface area contributed by atoms with Crippen molar-refractivity contribution in [2.75, 3.05) is 12.8 Å². The minimum Gasteiger partial charge on any atom is -0.399 e. The number of benzene rings is 1. The van der Waals surface area contributed by atoms with E-state index in [1.165, 1.54) is 0 Å². The lowest BCUT2D eigenvalue weighted by Gasteiger charge is -2.15. The lowest BCUT2D eigenvalue weighted by molar-refractivity contribution is -0.129. The standard InChI is InChI=1S/C13H17N5O/c1-9-15-12(17-16-9)8-18(2)13(19)7-10-3-5-11(14)6-4-10/h3-6H,7-8,14H2,1-2H3,(H,15,16,17). The lowest BCUT2D eigenvalue weighted by Crippen LogP contribution is -2.28. The van der Waals surface area contributed by atoms with E-state index in [1.54, 1.807) is 24.1 Å². The summed E-state index contributed by atoms with van der Waals surface area (Å²) in [6.07, 6.45) is 0.347. The van der Waals surface area contributed by atoms with Crippen molar-refractivity contribution >= 4 is 11.6 Å². The van der Waals surface area contributed by atoms with Crippen LogP contribution >= 0.6 is 0 Å². The summed E-state index contributed by atoms with van der Waals surface area (Å²) >= 11 is 0. The number of likely N-dealkylation sites (N-methyl/N-ethyl adjacent to an activating group) is 1. The Morgan fingerprint density at radius 3 is 2.63 bits per heavy atom. The molecule has 0 bridgehead atoms. The Morgan fingerprint density at radius 1 is 1.37 bits per heavy atom. The number of nitrogens with one attached hydrogen (secondary N) is 1. The molecule has 0 saturated carbocycles. The number of rotatable bonds is 4. The summed E-state index contributed by atoms with van der Waals surface area (Å²) in [6, 6.07) is 7.30. The zero-order valence-corrected chi connectivity index (χ0v) is 11.1. The Balaban J connectivity index is 1.94. The first kappa shape index (κ1) is 13.1. The molecule has 3 N–H and O–H groups in total. The predicted octanol–water partition coefficient (Wildman–Crippen LogP) is 0.896. The molecule has 0 aliphatic carbocycles. The topological polar surface area (TPSA) is 87.9 Å². The van der Waals surface area contributed by atoms with E-state index in [0.717, 1.165) is 11.4 Å². The molecule has 19 heavy (non-hydrogen) atoms. The molecule has 0 atom stereocenters. The molecule has 6 nitrogen and oxygen atoms in total. The van der Waals surface area contributed by atoms with E-state index in [0.29, 0.717) is 24.5 Å². The van der Waals surface area contributed by atoms with Gasteiger partial charge in [0, 0.05) is 12.7 Å². The molecular formula is C13H17N5O. The van der Waals surface area contributed by atoms with Crippen LogP contribution in [0, 0.1) is 6.92 Å². The van der Waals surface area contributed by atoms with Crippen LogP contribution in [0.15, 0.2) is 24.3 Å². The van der Waals surface area contributed by atoms with Gasteiger partial charge >= 0.3 is 0 Å². The number of aromatic amines is 1. The van der Waals surface area contributed by atoms with Crippen LogP contribution in [-0.2, 0) is 17.8 Å². The second-order valence-corrected chi connectivity index (χ2v) is 4.51. The number of hydrogen-bond acceptors (Lipinski definition) is 4. The zero-order chi connectivity index (χ0) is 13.8. The number of carbonyl (C=O) groups excluding carboxylic acids is 1. The van der Waals surface area contributed by atoms with Gasteiger partial charge in [0.1, 0.15) is 5.82 Å². The third kappa shape index (κ3) is 3.54. The molecule has 1 aromatic carbocycles. The third-order valence-corrected chi connectivity index (χ3v) is 2.78. The summed E-state index contributed by atoms with van der Waals surface area (Å²) in [6.45, 7) is 2.23. The van der Waals surface area contributed by atoms with Crippen molar-refractivity contribution < 1.29 is 4.79 Å². The quantitative estimate of drug-likeness (QED) is 0.798. The molecule has 6 heteroatoms. The molecule has 1 aromatic heterocycles. The Kier molecular flexibility index (Phi) is 3.79. The maximum Gasteiger partial charge on any atom is 0.227 e. The number of nitrogens with zero attached hydrogens (tertiary/aromatic N) is 3. The number of nitrogen functional groups attached to an aromatic ring is 1. The number of hydrogen-bond donors (Lipinski definition) is 2. The summed E-state index contributed by atoms with van der Waals surface area (Å²) in [5, 5.41) is 6.77. The largest absolute Gasteiger partial charge is 0.399 e. The number of aromatic nitrogens is 3. The Morgan fingerprint density at radius 2 is 2.05 bits per heavy atom. The molecular weight excluding hydrogens is 242 g/mol. The second kappa shape index (κ2) is 5.51. The highest BCUT2D eigenvalue weighted by atomic mass is 16.2. The van der Waals surface area contributed by atoms with Gasteiger partial charge in [-0.15, -0.1) is 0 Å².